The van der Waals surface area contributed by atoms with Gasteiger partial charge in [0.05, 0.1) is 5.69 Å². The van der Waals surface area contributed by atoms with E-state index < -0.39 is 0 Å². The van der Waals surface area contributed by atoms with Crippen LogP contribution in [0.5, 0.6) is 0 Å². The summed E-state index contributed by atoms with van der Waals surface area (Å²) in [6, 6.07) is 177. The summed E-state index contributed by atoms with van der Waals surface area (Å²) in [5.41, 5.74) is 27.4. The Kier molecular flexibility index (Phi) is 22.8. The molecule has 0 aliphatic heterocycles. The number of hydrogen-bond acceptors (Lipinski definition) is 10. The van der Waals surface area contributed by atoms with E-state index in [1.807, 2.05) is 100 Å². The molecule has 6 aromatic heterocycles. The third kappa shape index (κ3) is 16.9. The summed E-state index contributed by atoms with van der Waals surface area (Å²) < 4.78 is 16.6. The number of hydrogen-bond donors (Lipinski definition) is 4. The molecule has 0 atom stereocenters. The number of aromatic nitrogens is 1. The molecule has 0 bridgehead atoms. The molecule has 0 spiro atoms. The average Bonchev–Trinajstić information content (AvgIpc) is 1.58. The van der Waals surface area contributed by atoms with Gasteiger partial charge < -0.3 is 25.7 Å². The molecule has 0 aliphatic carbocycles. The first-order valence-corrected chi connectivity index (χ1v) is 50.7. The largest absolute Gasteiger partial charge is 0.456 e. The maximum Gasteiger partial charge on any atom is 0.136 e. The van der Waals surface area contributed by atoms with Crippen LogP contribution in [0.15, 0.2) is 508 Å². The number of pyridine rings is 1. The molecule has 28 rings (SSSR count). The zero-order valence-corrected chi connectivity index (χ0v) is 79.7. The quantitative estimate of drug-likeness (QED) is 0.0767. The van der Waals surface area contributed by atoms with Gasteiger partial charge in [-0.1, -0.05) is 340 Å². The van der Waals surface area contributed by atoms with Crippen molar-refractivity contribution in [3.05, 3.63) is 504 Å². The molecule has 6 heterocycles. The van der Waals surface area contributed by atoms with Gasteiger partial charge in [-0.15, -0.1) is 45.3 Å². The normalized spacial score (nSPS) is 11.4. The van der Waals surface area contributed by atoms with Gasteiger partial charge in [-0.05, 0) is 246 Å². The number of thiophene rings is 4. The lowest BCUT2D eigenvalue weighted by molar-refractivity contribution is 0.669. The highest BCUT2D eigenvalue weighted by molar-refractivity contribution is 7.27. The third-order valence-corrected chi connectivity index (χ3v) is 31.3. The van der Waals surface area contributed by atoms with Gasteiger partial charge in [0.2, 0.25) is 0 Å². The van der Waals surface area contributed by atoms with E-state index in [0.717, 1.165) is 84.3 Å². The van der Waals surface area contributed by atoms with E-state index in [4.69, 9.17) is 4.42 Å². The molecule has 0 amide bonds. The molecule has 10 heteroatoms. The molecule has 141 heavy (non-hydrogen) atoms. The number of para-hydroxylation sites is 3. The first-order chi connectivity index (χ1) is 69.8. The van der Waals surface area contributed by atoms with Crippen LogP contribution in [0.2, 0.25) is 0 Å². The van der Waals surface area contributed by atoms with E-state index in [-0.39, 0.29) is 0 Å². The molecular formula is C131H87N5OS4. The van der Waals surface area contributed by atoms with E-state index in [1.54, 1.807) is 0 Å². The van der Waals surface area contributed by atoms with Gasteiger partial charge in [0, 0.05) is 160 Å². The van der Waals surface area contributed by atoms with Crippen LogP contribution in [0.4, 0.5) is 45.5 Å². The highest BCUT2D eigenvalue weighted by atomic mass is 32.1. The van der Waals surface area contributed by atoms with Crippen molar-refractivity contribution < 1.29 is 4.42 Å². The molecule has 28 aromatic rings. The number of nitrogens with one attached hydrogen (secondary N) is 4. The van der Waals surface area contributed by atoms with Crippen molar-refractivity contribution in [2.24, 2.45) is 0 Å². The molecule has 0 aliphatic rings. The number of anilines is 8. The van der Waals surface area contributed by atoms with E-state index in [9.17, 15) is 0 Å². The monoisotopic (exact) mass is 1870 g/mol. The minimum atomic E-state index is 0.915. The van der Waals surface area contributed by atoms with Crippen molar-refractivity contribution in [3.63, 3.8) is 0 Å². The average molecular weight is 1880 g/mol. The van der Waals surface area contributed by atoms with Crippen LogP contribution in [-0.4, -0.2) is 4.98 Å². The Morgan fingerprint density at radius 2 is 0.695 bits per heavy atom. The molecule has 4 N–H and O–H groups in total. The fourth-order valence-corrected chi connectivity index (χ4v) is 24.7. The van der Waals surface area contributed by atoms with Crippen LogP contribution in [-0.2, 0) is 0 Å². The summed E-state index contributed by atoms with van der Waals surface area (Å²) in [6.45, 7) is 0. The van der Waals surface area contributed by atoms with Crippen LogP contribution in [0.25, 0.3) is 213 Å². The Bertz CT molecular complexity index is 9570. The lowest BCUT2D eigenvalue weighted by atomic mass is 9.92. The Hall–Kier alpha value is -17.4. The molecular weight excluding hydrogens is 1790 g/mol. The summed E-state index contributed by atoms with van der Waals surface area (Å²) in [4.78, 5) is 4.58. The van der Waals surface area contributed by atoms with Crippen LogP contribution in [0.3, 0.4) is 0 Å². The van der Waals surface area contributed by atoms with Crippen LogP contribution in [0, 0.1) is 0 Å². The SMILES string of the molecule is c1ccc(-c2ccc(Nc3cc(-c4ccc5c(c4)oc4ccccc45)c4sc5ccccc5c4c3)cc2)cc1.c1ccc(-c2ccccc2-c2ccc(Nc3cccc(-c4ccc5ccccc5c4)c3)c3c2sc2ccccc23)cc1.c1ccc(Nc2cc(-c3cc4ccccc4c4ccccc34)cc3sc4ccccc4c23)cc1.c1ccc(Nc2cc3c(cc2-c2ccccn2)sc2ccccc23)cc1. The predicted molar refractivity (Wildman–Crippen MR) is 612 cm³/mol. The molecule has 0 fully saturated rings. The summed E-state index contributed by atoms with van der Waals surface area (Å²) in [7, 11) is 0. The molecule has 0 radical (unpaired) electrons. The van der Waals surface area contributed by atoms with Crippen molar-refractivity contribution in [2.75, 3.05) is 21.3 Å². The second-order valence-electron chi connectivity index (χ2n) is 35.4. The lowest BCUT2D eigenvalue weighted by Gasteiger charge is -2.15. The maximum absolute atomic E-state index is 6.25. The van der Waals surface area contributed by atoms with Crippen molar-refractivity contribution in [1.82, 2.24) is 4.98 Å². The summed E-state index contributed by atoms with van der Waals surface area (Å²) in [6.07, 6.45) is 1.84. The van der Waals surface area contributed by atoms with E-state index in [1.165, 1.54) is 174 Å². The number of nitrogens with zero attached hydrogens (tertiary/aromatic N) is 1. The number of benzene rings is 22. The summed E-state index contributed by atoms with van der Waals surface area (Å²) in [5, 5.41) is 35.0. The zero-order valence-electron chi connectivity index (χ0n) is 76.4. The minimum absolute atomic E-state index is 0.915. The third-order valence-electron chi connectivity index (χ3n) is 26.6. The Labute approximate surface area is 831 Å². The molecule has 0 unspecified atom stereocenters. The summed E-state index contributed by atoms with van der Waals surface area (Å²) >= 11 is 7.42. The van der Waals surface area contributed by atoms with Gasteiger partial charge in [-0.3, -0.25) is 4.98 Å². The Morgan fingerprint density at radius 3 is 1.43 bits per heavy atom. The highest BCUT2D eigenvalue weighted by Gasteiger charge is 2.23. The Balaban J connectivity index is 0.000000100. The van der Waals surface area contributed by atoms with Crippen LogP contribution >= 0.6 is 45.3 Å². The fourth-order valence-electron chi connectivity index (χ4n) is 19.9. The summed E-state index contributed by atoms with van der Waals surface area (Å²) in [5.74, 6) is 0. The van der Waals surface area contributed by atoms with Gasteiger partial charge in [-0.2, -0.15) is 0 Å². The molecule has 22 aromatic carbocycles. The maximum atomic E-state index is 6.25. The van der Waals surface area contributed by atoms with Crippen molar-refractivity contribution in [1.29, 1.82) is 0 Å². The molecule has 666 valence electrons. The van der Waals surface area contributed by atoms with Gasteiger partial charge in [0.1, 0.15) is 11.2 Å². The van der Waals surface area contributed by atoms with Crippen molar-refractivity contribution in [3.8, 4) is 78.0 Å². The van der Waals surface area contributed by atoms with E-state index in [2.05, 4.69) is 475 Å². The van der Waals surface area contributed by atoms with Gasteiger partial charge >= 0.3 is 0 Å². The van der Waals surface area contributed by atoms with Crippen LogP contribution in [0.1, 0.15) is 0 Å². The topological polar surface area (TPSA) is 74.2 Å². The first kappa shape index (κ1) is 85.3. The van der Waals surface area contributed by atoms with Crippen LogP contribution < -0.4 is 21.3 Å². The first-order valence-electron chi connectivity index (χ1n) is 47.5. The van der Waals surface area contributed by atoms with Gasteiger partial charge in [0.15, 0.2) is 0 Å². The molecule has 0 saturated heterocycles. The van der Waals surface area contributed by atoms with Gasteiger partial charge in [-0.25, -0.2) is 0 Å². The second kappa shape index (κ2) is 37.6. The molecule has 6 nitrogen and oxygen atoms in total. The minimum Gasteiger partial charge on any atom is -0.456 e. The lowest BCUT2D eigenvalue weighted by Crippen LogP contribution is -1.94. The standard InChI is InChI=1S/C40H27NS.C36H23NOS.C32H21NS.C23H16N2S/c1-2-12-28(13-3-1)33-17-6-7-18-34(33)35-23-24-37(39-36-19-8-9-20-38(36)42-40(35)39)41-32-16-10-15-30(26-32)31-22-21-27-11-4-5-14-29(27)25-31;1-2-8-23(9-3-1)24-14-17-26(18-15-24)37-27-21-31(36-32(22-27)30-11-5-7-13-35(30)39-36)25-16-19-29-28-10-4-6-12-33(28)38-34(29)20-25;1-2-11-23(12-3-1)33-29-19-22(20-31-32(29)27-16-8-9-17-30(27)34-31)28-18-21-10-4-5-13-24(21)25-14-6-7-15-26(25)28;1-2-8-16(9-3-1)25-21-14-18-17-10-4-5-12-22(17)26-23(18)15-19(21)20-11-6-7-13-24-20/h1-26,41H;1-22,37H;1-20,33H;1-15,25H. The van der Waals surface area contributed by atoms with Crippen molar-refractivity contribution >= 4 is 226 Å². The van der Waals surface area contributed by atoms with Gasteiger partial charge in [0.25, 0.3) is 0 Å². The van der Waals surface area contributed by atoms with E-state index >= 15 is 0 Å². The van der Waals surface area contributed by atoms with E-state index in [0.29, 0.717) is 0 Å². The Morgan fingerprint density at radius 1 is 0.177 bits per heavy atom. The van der Waals surface area contributed by atoms with Crippen molar-refractivity contribution in [2.45, 2.75) is 0 Å². The number of fused-ring (bicyclic) bond motifs is 19. The molecule has 0 saturated carbocycles. The number of rotatable bonds is 15. The second-order valence-corrected chi connectivity index (χ2v) is 39.7. The smallest absolute Gasteiger partial charge is 0.136 e. The fraction of sp³-hybridized carbons (Fsp3) is 0. The number of furan rings is 1. The zero-order chi connectivity index (χ0) is 93.5. The highest BCUT2D eigenvalue weighted by Crippen LogP contribution is 2.51. The predicted octanol–water partition coefficient (Wildman–Crippen LogP) is 39.6.